The highest BCUT2D eigenvalue weighted by molar-refractivity contribution is 6.32. The first kappa shape index (κ1) is 19.8. The number of nitrogens with zero attached hydrogens (tertiary/aromatic N) is 1. The highest BCUT2D eigenvalue weighted by Gasteiger charge is 2.28. The van der Waals surface area contributed by atoms with E-state index in [2.05, 4.69) is 15.0 Å². The average molecular weight is 389 g/mol. The zero-order valence-electron chi connectivity index (χ0n) is 13.7. The van der Waals surface area contributed by atoms with Gasteiger partial charge in [0.25, 0.3) is 5.91 Å². The zero-order chi connectivity index (χ0) is 19.2. The lowest BCUT2D eigenvalue weighted by Gasteiger charge is -2.15. The number of carbonyl (C=O) groups excluding carboxylic acids is 1. The molecule has 0 aliphatic heterocycles. The normalized spacial score (nSPS) is 12.3. The third kappa shape index (κ3) is 6.44. The highest BCUT2D eigenvalue weighted by atomic mass is 35.5. The molecule has 0 aliphatic carbocycles. The monoisotopic (exact) mass is 388 g/mol. The van der Waals surface area contributed by atoms with Crippen LogP contribution in [0.15, 0.2) is 42.6 Å². The second-order valence-electron chi connectivity index (χ2n) is 5.33. The Hall–Kier alpha value is -2.48. The predicted molar refractivity (Wildman–Crippen MR) is 89.3 cm³/mol. The van der Waals surface area contributed by atoms with Gasteiger partial charge in [0.05, 0.1) is 23.0 Å². The van der Waals surface area contributed by atoms with Crippen LogP contribution in [0.4, 0.5) is 13.2 Å². The van der Waals surface area contributed by atoms with Crippen molar-refractivity contribution in [3.63, 3.8) is 0 Å². The number of aromatic nitrogens is 1. The molecule has 0 aliphatic rings. The van der Waals surface area contributed by atoms with Crippen molar-refractivity contribution in [2.75, 3.05) is 13.2 Å². The van der Waals surface area contributed by atoms with Crippen LogP contribution in [0.3, 0.4) is 0 Å². The van der Waals surface area contributed by atoms with E-state index in [0.717, 1.165) is 0 Å². The molecule has 1 amide bonds. The first-order chi connectivity index (χ1) is 12.2. The van der Waals surface area contributed by atoms with E-state index in [9.17, 15) is 18.0 Å². The Bertz CT molecular complexity index is 739. The summed E-state index contributed by atoms with van der Waals surface area (Å²) in [6, 6.07) is 9.13. The number of hydrogen-bond acceptors (Lipinski definition) is 4. The Labute approximate surface area is 153 Å². The van der Waals surface area contributed by atoms with Crippen LogP contribution >= 0.6 is 11.6 Å². The van der Waals surface area contributed by atoms with Gasteiger partial charge >= 0.3 is 6.18 Å². The molecule has 0 fully saturated rings. The molecule has 26 heavy (non-hydrogen) atoms. The highest BCUT2D eigenvalue weighted by Crippen LogP contribution is 2.23. The molecule has 1 heterocycles. The molecule has 1 atom stereocenters. The molecule has 0 saturated heterocycles. The molecule has 140 valence electrons. The van der Waals surface area contributed by atoms with Gasteiger partial charge in [-0.2, -0.15) is 13.2 Å². The number of amides is 1. The van der Waals surface area contributed by atoms with Crippen molar-refractivity contribution in [3.05, 3.63) is 53.3 Å². The van der Waals surface area contributed by atoms with Crippen molar-refractivity contribution in [1.29, 1.82) is 0 Å². The third-order valence-electron chi connectivity index (χ3n) is 3.18. The Morgan fingerprint density at radius 1 is 1.23 bits per heavy atom. The van der Waals surface area contributed by atoms with Crippen LogP contribution in [0, 0.1) is 0 Å². The Kier molecular flexibility index (Phi) is 6.68. The Morgan fingerprint density at radius 2 is 1.96 bits per heavy atom. The fraction of sp³-hybridized carbons (Fsp3) is 0.294. The van der Waals surface area contributed by atoms with Crippen LogP contribution in [0.1, 0.15) is 18.7 Å². The van der Waals surface area contributed by atoms with Crippen molar-refractivity contribution in [2.45, 2.75) is 19.1 Å². The second-order valence-corrected chi connectivity index (χ2v) is 5.74. The Balaban J connectivity index is 1.83. The van der Waals surface area contributed by atoms with Crippen molar-refractivity contribution >= 4 is 17.5 Å². The molecule has 2 rings (SSSR count). The van der Waals surface area contributed by atoms with Crippen LogP contribution in [-0.4, -0.2) is 30.3 Å². The molecule has 9 heteroatoms. The Morgan fingerprint density at radius 3 is 2.58 bits per heavy atom. The largest absolute Gasteiger partial charge is 0.483 e. The number of alkyl halides is 3. The van der Waals surface area contributed by atoms with Crippen molar-refractivity contribution in [2.24, 2.45) is 0 Å². The number of carbonyl (C=O) groups is 1. The predicted octanol–water partition coefficient (Wildman–Crippen LogP) is 3.93. The summed E-state index contributed by atoms with van der Waals surface area (Å²) in [5.74, 6) is -0.00969. The van der Waals surface area contributed by atoms with E-state index in [0.29, 0.717) is 16.5 Å². The number of hydrogen-bond donors (Lipinski definition) is 1. The first-order valence-corrected chi connectivity index (χ1v) is 7.94. The molecule has 0 saturated carbocycles. The third-order valence-corrected chi connectivity index (χ3v) is 3.49. The molecule has 1 unspecified atom stereocenters. The summed E-state index contributed by atoms with van der Waals surface area (Å²) >= 11 is 5.93. The summed E-state index contributed by atoms with van der Waals surface area (Å²) in [5.41, 5.74) is 0.468. The maximum absolute atomic E-state index is 12.1. The van der Waals surface area contributed by atoms with Crippen LogP contribution in [0.25, 0.3) is 0 Å². The van der Waals surface area contributed by atoms with Crippen molar-refractivity contribution < 1.29 is 27.4 Å². The minimum absolute atomic E-state index is 0.00773. The minimum atomic E-state index is -4.42. The SMILES string of the molecule is CC(NC(=O)COc1ccccc1Cl)c1ccc(OCC(F)(F)F)cn1. The van der Waals surface area contributed by atoms with E-state index in [1.54, 1.807) is 31.2 Å². The van der Waals surface area contributed by atoms with Crippen LogP contribution in [0.2, 0.25) is 5.02 Å². The van der Waals surface area contributed by atoms with E-state index in [1.165, 1.54) is 18.3 Å². The van der Waals surface area contributed by atoms with E-state index in [4.69, 9.17) is 16.3 Å². The van der Waals surface area contributed by atoms with Gasteiger partial charge in [-0.05, 0) is 31.2 Å². The lowest BCUT2D eigenvalue weighted by atomic mass is 10.2. The van der Waals surface area contributed by atoms with Gasteiger partial charge in [-0.1, -0.05) is 23.7 Å². The summed E-state index contributed by atoms with van der Waals surface area (Å²) in [4.78, 5) is 15.9. The standard InChI is InChI=1S/C17H16ClF3N2O3/c1-11(14-7-6-12(8-22-14)26-10-17(19,20)21)23-16(24)9-25-15-5-3-2-4-13(15)18/h2-8,11H,9-10H2,1H3,(H,23,24). The lowest BCUT2D eigenvalue weighted by Crippen LogP contribution is -2.31. The molecule has 0 bridgehead atoms. The van der Waals surface area contributed by atoms with E-state index >= 15 is 0 Å². The maximum atomic E-state index is 12.1. The van der Waals surface area contributed by atoms with Gasteiger partial charge in [0.2, 0.25) is 0 Å². The molecular weight excluding hydrogens is 373 g/mol. The van der Waals surface area contributed by atoms with Gasteiger partial charge in [0, 0.05) is 0 Å². The summed E-state index contributed by atoms with van der Waals surface area (Å²) in [6.45, 7) is 0.0620. The van der Waals surface area contributed by atoms with Gasteiger partial charge < -0.3 is 14.8 Å². The van der Waals surface area contributed by atoms with Gasteiger partial charge in [-0.3, -0.25) is 9.78 Å². The van der Waals surface area contributed by atoms with E-state index in [1.807, 2.05) is 0 Å². The lowest BCUT2D eigenvalue weighted by molar-refractivity contribution is -0.153. The molecule has 1 aromatic heterocycles. The summed E-state index contributed by atoms with van der Waals surface area (Å²) in [5, 5.41) is 3.06. The van der Waals surface area contributed by atoms with Crippen molar-refractivity contribution in [3.8, 4) is 11.5 Å². The van der Waals surface area contributed by atoms with Gasteiger partial charge in [0.1, 0.15) is 11.5 Å². The number of benzene rings is 1. The molecule has 2 aromatic rings. The quantitative estimate of drug-likeness (QED) is 0.780. The summed E-state index contributed by atoms with van der Waals surface area (Å²) in [7, 11) is 0. The number of nitrogens with one attached hydrogen (secondary N) is 1. The molecule has 5 nitrogen and oxygen atoms in total. The molecule has 1 aromatic carbocycles. The minimum Gasteiger partial charge on any atom is -0.483 e. The smallest absolute Gasteiger partial charge is 0.422 e. The molecular formula is C17H16ClF3N2O3. The summed E-state index contributed by atoms with van der Waals surface area (Å²) in [6.07, 6.45) is -3.24. The molecule has 1 N–H and O–H groups in total. The number of pyridine rings is 1. The maximum Gasteiger partial charge on any atom is 0.422 e. The number of halogens is 4. The average Bonchev–Trinajstić information content (AvgIpc) is 2.59. The van der Waals surface area contributed by atoms with Crippen LogP contribution in [-0.2, 0) is 4.79 Å². The topological polar surface area (TPSA) is 60.5 Å². The van der Waals surface area contributed by atoms with Crippen LogP contribution in [0.5, 0.6) is 11.5 Å². The first-order valence-electron chi connectivity index (χ1n) is 7.57. The van der Waals surface area contributed by atoms with E-state index < -0.39 is 24.7 Å². The van der Waals surface area contributed by atoms with Gasteiger partial charge in [-0.15, -0.1) is 0 Å². The van der Waals surface area contributed by atoms with Crippen LogP contribution < -0.4 is 14.8 Å². The fourth-order valence-corrected chi connectivity index (χ4v) is 2.15. The molecule has 0 spiro atoms. The van der Waals surface area contributed by atoms with E-state index in [-0.39, 0.29) is 12.4 Å². The second kappa shape index (κ2) is 8.75. The number of ether oxygens (including phenoxy) is 2. The summed E-state index contributed by atoms with van der Waals surface area (Å²) < 4.78 is 46.2. The van der Waals surface area contributed by atoms with Gasteiger partial charge in [-0.25, -0.2) is 0 Å². The fourth-order valence-electron chi connectivity index (χ4n) is 1.96. The number of para-hydroxylation sites is 1. The molecule has 0 radical (unpaired) electrons. The number of rotatable bonds is 7. The van der Waals surface area contributed by atoms with Crippen molar-refractivity contribution in [1.82, 2.24) is 10.3 Å². The zero-order valence-corrected chi connectivity index (χ0v) is 14.5. The van der Waals surface area contributed by atoms with Gasteiger partial charge in [0.15, 0.2) is 13.2 Å².